The molecule has 3 nitrogen and oxygen atoms in total. The molecule has 2 N–H and O–H groups in total. The second kappa shape index (κ2) is 2.21. The van der Waals surface area contributed by atoms with E-state index in [0.717, 1.165) is 6.54 Å². The van der Waals surface area contributed by atoms with Gasteiger partial charge in [0, 0.05) is 25.0 Å². The quantitative estimate of drug-likeness (QED) is 0.576. The molecule has 1 saturated carbocycles. The first-order chi connectivity index (χ1) is 5.18. The van der Waals surface area contributed by atoms with Crippen molar-refractivity contribution in [2.75, 3.05) is 6.54 Å². The molecule has 3 unspecified atom stereocenters. The van der Waals surface area contributed by atoms with E-state index in [2.05, 4.69) is 6.92 Å². The van der Waals surface area contributed by atoms with Crippen LogP contribution >= 0.6 is 0 Å². The zero-order chi connectivity index (χ0) is 8.01. The van der Waals surface area contributed by atoms with Gasteiger partial charge in [0.2, 0.25) is 5.91 Å². The molecule has 0 radical (unpaired) electrons. The maximum Gasteiger partial charge on any atom is 0.224 e. The van der Waals surface area contributed by atoms with Crippen molar-refractivity contribution in [1.82, 2.24) is 4.90 Å². The third-order valence-corrected chi connectivity index (χ3v) is 2.66. The molecule has 1 heterocycles. The predicted molar refractivity (Wildman–Crippen MR) is 41.9 cm³/mol. The van der Waals surface area contributed by atoms with Crippen molar-refractivity contribution in [3.05, 3.63) is 0 Å². The van der Waals surface area contributed by atoms with Gasteiger partial charge in [-0.2, -0.15) is 0 Å². The summed E-state index contributed by atoms with van der Waals surface area (Å²) < 4.78 is 0. The van der Waals surface area contributed by atoms with Crippen LogP contribution in [0.5, 0.6) is 0 Å². The van der Waals surface area contributed by atoms with Crippen LogP contribution in [-0.4, -0.2) is 29.4 Å². The normalized spacial score (nSPS) is 43.3. The van der Waals surface area contributed by atoms with Gasteiger partial charge in [0.1, 0.15) is 0 Å². The smallest absolute Gasteiger partial charge is 0.224 e. The number of carbonyl (C=O) groups excluding carboxylic acids is 1. The highest BCUT2D eigenvalue weighted by Crippen LogP contribution is 2.36. The first kappa shape index (κ1) is 7.10. The van der Waals surface area contributed by atoms with Gasteiger partial charge in [-0.1, -0.05) is 6.92 Å². The minimum Gasteiger partial charge on any atom is -0.338 e. The molecule has 62 valence electrons. The second-order valence-corrected chi connectivity index (χ2v) is 3.79. The van der Waals surface area contributed by atoms with Crippen LogP contribution in [0.4, 0.5) is 0 Å². The van der Waals surface area contributed by atoms with Crippen LogP contribution in [0.25, 0.3) is 0 Å². The van der Waals surface area contributed by atoms with E-state index in [9.17, 15) is 4.79 Å². The number of hydrogen-bond acceptors (Lipinski definition) is 2. The Labute approximate surface area is 66.5 Å². The lowest BCUT2D eigenvalue weighted by Gasteiger charge is -2.14. The summed E-state index contributed by atoms with van der Waals surface area (Å²) in [4.78, 5) is 13.2. The summed E-state index contributed by atoms with van der Waals surface area (Å²) in [7, 11) is 0. The molecule has 0 aromatic heterocycles. The summed E-state index contributed by atoms with van der Waals surface area (Å²) in [5.41, 5.74) is 5.66. The predicted octanol–water partition coefficient (Wildman–Crippen LogP) is -0.0456. The summed E-state index contributed by atoms with van der Waals surface area (Å²) in [6.07, 6.45) is 1.74. The molecule has 0 spiro atoms. The fourth-order valence-electron chi connectivity index (χ4n) is 1.82. The molecule has 2 rings (SSSR count). The highest BCUT2D eigenvalue weighted by Gasteiger charge is 2.43. The molecular weight excluding hydrogens is 140 g/mol. The van der Waals surface area contributed by atoms with Crippen molar-refractivity contribution in [3.8, 4) is 0 Å². The summed E-state index contributed by atoms with van der Waals surface area (Å²) >= 11 is 0. The van der Waals surface area contributed by atoms with E-state index in [1.54, 1.807) is 0 Å². The molecule has 2 aliphatic rings. The van der Waals surface area contributed by atoms with E-state index >= 15 is 0 Å². The molecule has 1 aliphatic heterocycles. The highest BCUT2D eigenvalue weighted by molar-refractivity contribution is 5.80. The van der Waals surface area contributed by atoms with Crippen LogP contribution in [0, 0.1) is 5.92 Å². The number of carbonyl (C=O) groups is 1. The van der Waals surface area contributed by atoms with Gasteiger partial charge in [0.05, 0.1) is 0 Å². The number of rotatable bonds is 1. The monoisotopic (exact) mass is 154 g/mol. The van der Waals surface area contributed by atoms with Crippen LogP contribution in [0.15, 0.2) is 0 Å². The minimum absolute atomic E-state index is 0.0929. The van der Waals surface area contributed by atoms with Crippen molar-refractivity contribution >= 4 is 5.91 Å². The maximum absolute atomic E-state index is 11.3. The number of nitrogens with two attached hydrogens (primary N) is 1. The van der Waals surface area contributed by atoms with Gasteiger partial charge in [-0.15, -0.1) is 0 Å². The van der Waals surface area contributed by atoms with Gasteiger partial charge >= 0.3 is 0 Å². The van der Waals surface area contributed by atoms with Gasteiger partial charge in [-0.05, 0) is 12.3 Å². The Kier molecular flexibility index (Phi) is 1.42. The van der Waals surface area contributed by atoms with Crippen molar-refractivity contribution in [1.29, 1.82) is 0 Å². The van der Waals surface area contributed by atoms with Crippen LogP contribution in [-0.2, 0) is 4.79 Å². The second-order valence-electron chi connectivity index (χ2n) is 3.79. The lowest BCUT2D eigenvalue weighted by molar-refractivity contribution is -0.128. The Hall–Kier alpha value is -0.570. The van der Waals surface area contributed by atoms with Crippen LogP contribution in [0.3, 0.4) is 0 Å². The Balaban J connectivity index is 1.99. The van der Waals surface area contributed by atoms with Gasteiger partial charge < -0.3 is 10.6 Å². The highest BCUT2D eigenvalue weighted by atomic mass is 16.2. The molecule has 11 heavy (non-hydrogen) atoms. The van der Waals surface area contributed by atoms with Crippen LogP contribution in [0.1, 0.15) is 19.8 Å². The van der Waals surface area contributed by atoms with Crippen molar-refractivity contribution in [3.63, 3.8) is 0 Å². The Bertz CT molecular complexity index is 193. The summed E-state index contributed by atoms with van der Waals surface area (Å²) in [6.45, 7) is 2.97. The van der Waals surface area contributed by atoms with Crippen molar-refractivity contribution in [2.24, 2.45) is 11.7 Å². The largest absolute Gasteiger partial charge is 0.338 e. The standard InChI is InChI=1S/C8H14N2O/c1-5-2-7(5)10-4-6(9)3-8(10)11/h5-7H,2-4,9H2,1H3. The summed E-state index contributed by atoms with van der Waals surface area (Å²) in [5, 5.41) is 0. The molecule has 1 amide bonds. The van der Waals surface area contributed by atoms with E-state index < -0.39 is 0 Å². The van der Waals surface area contributed by atoms with E-state index in [1.165, 1.54) is 6.42 Å². The molecule has 1 saturated heterocycles. The number of nitrogens with zero attached hydrogens (tertiary/aromatic N) is 1. The van der Waals surface area contributed by atoms with Crippen LogP contribution in [0.2, 0.25) is 0 Å². The Morgan fingerprint density at radius 1 is 1.64 bits per heavy atom. The number of amides is 1. The summed E-state index contributed by atoms with van der Waals surface area (Å²) in [5.74, 6) is 0.969. The molecular formula is C8H14N2O. The maximum atomic E-state index is 11.3. The van der Waals surface area contributed by atoms with E-state index in [1.807, 2.05) is 4.90 Å². The fraction of sp³-hybridized carbons (Fsp3) is 0.875. The lowest BCUT2D eigenvalue weighted by atomic mass is 10.3. The third-order valence-electron chi connectivity index (χ3n) is 2.66. The van der Waals surface area contributed by atoms with Gasteiger partial charge in [0.25, 0.3) is 0 Å². The molecule has 1 aliphatic carbocycles. The molecule has 0 aromatic carbocycles. The number of hydrogen-bond donors (Lipinski definition) is 1. The SMILES string of the molecule is CC1CC1N1CC(N)CC1=O. The minimum atomic E-state index is 0.0929. The molecule has 0 aromatic rings. The van der Waals surface area contributed by atoms with Crippen molar-refractivity contribution in [2.45, 2.75) is 31.8 Å². The van der Waals surface area contributed by atoms with E-state index in [0.29, 0.717) is 18.4 Å². The lowest BCUT2D eigenvalue weighted by Crippen LogP contribution is -2.30. The fourth-order valence-corrected chi connectivity index (χ4v) is 1.82. The Morgan fingerprint density at radius 2 is 2.27 bits per heavy atom. The Morgan fingerprint density at radius 3 is 2.64 bits per heavy atom. The van der Waals surface area contributed by atoms with Gasteiger partial charge in [0.15, 0.2) is 0 Å². The topological polar surface area (TPSA) is 46.3 Å². The third kappa shape index (κ3) is 1.13. The summed E-state index contributed by atoms with van der Waals surface area (Å²) in [6, 6.07) is 0.617. The average molecular weight is 154 g/mol. The average Bonchev–Trinajstić information content (AvgIpc) is 2.52. The van der Waals surface area contributed by atoms with Crippen molar-refractivity contribution < 1.29 is 4.79 Å². The first-order valence-electron chi connectivity index (χ1n) is 4.23. The molecule has 3 atom stereocenters. The van der Waals surface area contributed by atoms with Gasteiger partial charge in [-0.3, -0.25) is 4.79 Å². The van der Waals surface area contributed by atoms with E-state index in [-0.39, 0.29) is 11.9 Å². The first-order valence-corrected chi connectivity index (χ1v) is 4.23. The number of likely N-dealkylation sites (tertiary alicyclic amines) is 1. The van der Waals surface area contributed by atoms with Crippen LogP contribution < -0.4 is 5.73 Å². The molecule has 3 heteroatoms. The van der Waals surface area contributed by atoms with E-state index in [4.69, 9.17) is 5.73 Å². The zero-order valence-electron chi connectivity index (χ0n) is 6.79. The molecule has 0 bridgehead atoms. The molecule has 2 fully saturated rings. The zero-order valence-corrected chi connectivity index (χ0v) is 6.79. The van der Waals surface area contributed by atoms with Gasteiger partial charge in [-0.25, -0.2) is 0 Å².